The van der Waals surface area contributed by atoms with Gasteiger partial charge in [0.2, 0.25) is 0 Å². The molecule has 0 spiro atoms. The van der Waals surface area contributed by atoms with E-state index in [2.05, 4.69) is 5.32 Å². The molecular weight excluding hydrogens is 311 g/mol. The molecule has 104 valence electrons. The van der Waals surface area contributed by atoms with E-state index < -0.39 is 17.5 Å². The maximum Gasteiger partial charge on any atom is 0.258 e. The van der Waals surface area contributed by atoms with Gasteiger partial charge in [-0.1, -0.05) is 23.2 Å². The van der Waals surface area contributed by atoms with Gasteiger partial charge in [-0.2, -0.15) is 0 Å². The molecule has 0 aliphatic carbocycles. The standard InChI is InChI=1S/C13H7Cl2F2NO2/c14-9-4-7(5-10(15)12(9)19)18-13(20)8-2-1-6(16)3-11(8)17/h1-5,19H,(H,18,20). The SMILES string of the molecule is O=C(Nc1cc(Cl)c(O)c(Cl)c1)c1ccc(F)cc1F. The molecule has 0 aromatic heterocycles. The second-order valence-corrected chi connectivity index (χ2v) is 4.68. The number of halogens is 4. The van der Waals surface area contributed by atoms with Gasteiger partial charge < -0.3 is 10.4 Å². The van der Waals surface area contributed by atoms with E-state index in [1.54, 1.807) is 0 Å². The van der Waals surface area contributed by atoms with Crippen molar-refractivity contribution in [1.29, 1.82) is 0 Å². The zero-order valence-electron chi connectivity index (χ0n) is 9.75. The topological polar surface area (TPSA) is 49.3 Å². The van der Waals surface area contributed by atoms with Gasteiger partial charge in [0.15, 0.2) is 5.75 Å². The molecule has 0 aliphatic rings. The van der Waals surface area contributed by atoms with Gasteiger partial charge in [-0.3, -0.25) is 4.79 Å². The van der Waals surface area contributed by atoms with Gasteiger partial charge in [0, 0.05) is 11.8 Å². The first-order chi connectivity index (χ1) is 9.38. The van der Waals surface area contributed by atoms with E-state index in [1.807, 2.05) is 0 Å². The van der Waals surface area contributed by atoms with E-state index in [9.17, 15) is 18.7 Å². The van der Waals surface area contributed by atoms with Gasteiger partial charge in [-0.15, -0.1) is 0 Å². The van der Waals surface area contributed by atoms with Crippen molar-refractivity contribution in [1.82, 2.24) is 0 Å². The summed E-state index contributed by atoms with van der Waals surface area (Å²) < 4.78 is 26.2. The van der Waals surface area contributed by atoms with Crippen molar-refractivity contribution in [2.75, 3.05) is 5.32 Å². The first-order valence-corrected chi connectivity index (χ1v) is 6.08. The van der Waals surface area contributed by atoms with E-state index in [0.717, 1.165) is 12.1 Å². The van der Waals surface area contributed by atoms with Crippen molar-refractivity contribution in [2.45, 2.75) is 0 Å². The molecule has 0 aliphatic heterocycles. The van der Waals surface area contributed by atoms with E-state index in [1.165, 1.54) is 12.1 Å². The lowest BCUT2D eigenvalue weighted by Gasteiger charge is -2.08. The molecule has 0 fully saturated rings. The predicted molar refractivity (Wildman–Crippen MR) is 72.4 cm³/mol. The fourth-order valence-corrected chi connectivity index (χ4v) is 2.00. The van der Waals surface area contributed by atoms with Crippen molar-refractivity contribution < 1.29 is 18.7 Å². The lowest BCUT2D eigenvalue weighted by atomic mass is 10.2. The minimum atomic E-state index is -0.988. The van der Waals surface area contributed by atoms with Crippen LogP contribution in [0.2, 0.25) is 10.0 Å². The van der Waals surface area contributed by atoms with Gasteiger partial charge in [-0.05, 0) is 24.3 Å². The third kappa shape index (κ3) is 3.00. The fraction of sp³-hybridized carbons (Fsp3) is 0. The molecule has 3 nitrogen and oxygen atoms in total. The largest absolute Gasteiger partial charge is 0.505 e. The number of nitrogens with one attached hydrogen (secondary N) is 1. The normalized spacial score (nSPS) is 10.4. The molecule has 1 amide bonds. The summed E-state index contributed by atoms with van der Waals surface area (Å²) in [5.41, 5.74) is -0.154. The number of aromatic hydroxyl groups is 1. The highest BCUT2D eigenvalue weighted by Gasteiger charge is 2.14. The van der Waals surface area contributed by atoms with Gasteiger partial charge in [0.25, 0.3) is 5.91 Å². The van der Waals surface area contributed by atoms with Crippen LogP contribution in [0.4, 0.5) is 14.5 Å². The summed E-state index contributed by atoms with van der Waals surface area (Å²) in [6.07, 6.45) is 0. The van der Waals surface area contributed by atoms with Crippen LogP contribution in [0.15, 0.2) is 30.3 Å². The average molecular weight is 318 g/mol. The number of hydrogen-bond donors (Lipinski definition) is 2. The van der Waals surface area contributed by atoms with Crippen LogP contribution in [0, 0.1) is 11.6 Å². The number of phenolic OH excluding ortho intramolecular Hbond substituents is 1. The van der Waals surface area contributed by atoms with Crippen LogP contribution < -0.4 is 5.32 Å². The van der Waals surface area contributed by atoms with Crippen LogP contribution >= 0.6 is 23.2 Å². The van der Waals surface area contributed by atoms with Crippen LogP contribution in [0.3, 0.4) is 0 Å². The quantitative estimate of drug-likeness (QED) is 0.814. The van der Waals surface area contributed by atoms with Crippen LogP contribution in [0.1, 0.15) is 10.4 Å². The molecule has 20 heavy (non-hydrogen) atoms. The Morgan fingerprint density at radius 3 is 2.25 bits per heavy atom. The molecular formula is C13H7Cl2F2NO2. The van der Waals surface area contributed by atoms with Gasteiger partial charge in [0.05, 0.1) is 15.6 Å². The van der Waals surface area contributed by atoms with Crippen molar-refractivity contribution in [3.05, 3.63) is 57.6 Å². The molecule has 0 radical (unpaired) electrons. The summed E-state index contributed by atoms with van der Waals surface area (Å²) in [6, 6.07) is 5.09. The molecule has 0 saturated carbocycles. The molecule has 2 aromatic carbocycles. The molecule has 7 heteroatoms. The van der Waals surface area contributed by atoms with Crippen molar-refractivity contribution in [3.63, 3.8) is 0 Å². The number of carbonyl (C=O) groups is 1. The van der Waals surface area contributed by atoms with E-state index in [-0.39, 0.29) is 27.0 Å². The van der Waals surface area contributed by atoms with E-state index in [4.69, 9.17) is 23.2 Å². The number of rotatable bonds is 2. The molecule has 2 N–H and O–H groups in total. The lowest BCUT2D eigenvalue weighted by Crippen LogP contribution is -2.14. The van der Waals surface area contributed by atoms with Crippen LogP contribution in [0.5, 0.6) is 5.75 Å². The van der Waals surface area contributed by atoms with Gasteiger partial charge in [0.1, 0.15) is 11.6 Å². The van der Waals surface area contributed by atoms with E-state index >= 15 is 0 Å². The number of benzene rings is 2. The summed E-state index contributed by atoms with van der Waals surface area (Å²) in [7, 11) is 0. The third-order valence-corrected chi connectivity index (χ3v) is 3.03. The zero-order valence-corrected chi connectivity index (χ0v) is 11.3. The van der Waals surface area contributed by atoms with Gasteiger partial charge >= 0.3 is 0 Å². The fourth-order valence-electron chi connectivity index (χ4n) is 1.51. The van der Waals surface area contributed by atoms with Crippen LogP contribution in [-0.2, 0) is 0 Å². The summed E-state index contributed by atoms with van der Waals surface area (Å²) in [5.74, 6) is -2.88. The Labute approximate surface area is 122 Å². The number of phenols is 1. The molecule has 0 heterocycles. The highest BCUT2D eigenvalue weighted by atomic mass is 35.5. The Hall–Kier alpha value is -1.85. The third-order valence-electron chi connectivity index (χ3n) is 2.45. The molecule has 0 bridgehead atoms. The maximum atomic E-state index is 13.4. The smallest absolute Gasteiger partial charge is 0.258 e. The van der Waals surface area contributed by atoms with Gasteiger partial charge in [-0.25, -0.2) is 8.78 Å². The lowest BCUT2D eigenvalue weighted by molar-refractivity contribution is 0.102. The summed E-state index contributed by atoms with van der Waals surface area (Å²) in [5, 5.41) is 11.6. The average Bonchev–Trinajstić information content (AvgIpc) is 2.35. The predicted octanol–water partition coefficient (Wildman–Crippen LogP) is 4.23. The Balaban J connectivity index is 2.28. The Bertz CT molecular complexity index is 669. The highest BCUT2D eigenvalue weighted by Crippen LogP contribution is 2.34. The molecule has 2 rings (SSSR count). The monoisotopic (exact) mass is 317 g/mol. The molecule has 0 atom stereocenters. The van der Waals surface area contributed by atoms with E-state index in [0.29, 0.717) is 6.07 Å². The maximum absolute atomic E-state index is 13.4. The molecule has 0 unspecified atom stereocenters. The highest BCUT2D eigenvalue weighted by molar-refractivity contribution is 6.37. The van der Waals surface area contributed by atoms with Crippen LogP contribution in [0.25, 0.3) is 0 Å². The number of amides is 1. The Morgan fingerprint density at radius 2 is 1.70 bits per heavy atom. The number of anilines is 1. The molecule has 2 aromatic rings. The summed E-state index contributed by atoms with van der Waals surface area (Å²) in [4.78, 5) is 11.8. The van der Waals surface area contributed by atoms with Crippen molar-refractivity contribution in [3.8, 4) is 5.75 Å². The summed E-state index contributed by atoms with van der Waals surface area (Å²) >= 11 is 11.4. The number of hydrogen-bond acceptors (Lipinski definition) is 2. The first-order valence-electron chi connectivity index (χ1n) is 5.33. The minimum absolute atomic E-state index is 0.0626. The number of carbonyl (C=O) groups excluding carboxylic acids is 1. The van der Waals surface area contributed by atoms with Crippen molar-refractivity contribution >= 4 is 34.8 Å². The first kappa shape index (κ1) is 14.6. The zero-order chi connectivity index (χ0) is 14.9. The second-order valence-electron chi connectivity index (χ2n) is 3.87. The van der Waals surface area contributed by atoms with Crippen LogP contribution in [-0.4, -0.2) is 11.0 Å². The second kappa shape index (κ2) is 5.64. The van der Waals surface area contributed by atoms with Crippen molar-refractivity contribution in [2.24, 2.45) is 0 Å². The minimum Gasteiger partial charge on any atom is -0.505 e. The Morgan fingerprint density at radius 1 is 1.10 bits per heavy atom. The summed E-state index contributed by atoms with van der Waals surface area (Å²) in [6.45, 7) is 0. The molecule has 0 saturated heterocycles. The Kier molecular flexibility index (Phi) is 4.11.